The van der Waals surface area contributed by atoms with E-state index in [4.69, 9.17) is 11.6 Å². The van der Waals surface area contributed by atoms with Crippen LogP contribution in [0, 0.1) is 0 Å². The number of benzene rings is 1. The fraction of sp³-hybridized carbons (Fsp3) is 0.0769. The van der Waals surface area contributed by atoms with Crippen molar-refractivity contribution in [3.05, 3.63) is 52.7 Å². The maximum absolute atomic E-state index is 12.7. The number of rotatable bonds is 2. The lowest BCUT2D eigenvalue weighted by atomic mass is 10.1. The van der Waals surface area contributed by atoms with E-state index >= 15 is 0 Å². The van der Waals surface area contributed by atoms with Crippen molar-refractivity contribution in [1.29, 1.82) is 0 Å². The molecule has 1 heterocycles. The summed E-state index contributed by atoms with van der Waals surface area (Å²) in [6.45, 7) is 0. The topological polar surface area (TPSA) is 30.0 Å². The first-order valence-corrected chi connectivity index (χ1v) is 5.58. The molecule has 0 fully saturated rings. The van der Waals surface area contributed by atoms with Gasteiger partial charge in [-0.05, 0) is 24.3 Å². The maximum Gasteiger partial charge on any atom is 0.417 e. The van der Waals surface area contributed by atoms with Crippen molar-refractivity contribution in [1.82, 2.24) is 4.98 Å². The summed E-state index contributed by atoms with van der Waals surface area (Å²) in [4.78, 5) is 14.4. The first-order chi connectivity index (χ1) is 8.91. The van der Waals surface area contributed by atoms with E-state index in [1.54, 1.807) is 0 Å². The van der Waals surface area contributed by atoms with Crippen LogP contribution in [0.2, 0.25) is 5.02 Å². The van der Waals surface area contributed by atoms with Crippen molar-refractivity contribution in [3.8, 4) is 11.3 Å². The molecule has 0 aliphatic rings. The van der Waals surface area contributed by atoms with Gasteiger partial charge in [-0.25, -0.2) is 0 Å². The molecule has 2 rings (SSSR count). The average Bonchev–Trinajstić information content (AvgIpc) is 2.38. The standard InChI is InChI=1S/C13H7ClF3NO/c14-11-3-2-9(5-10(11)13(15,16)17)12-4-1-8(7-19)6-18-12/h1-7H. The highest BCUT2D eigenvalue weighted by molar-refractivity contribution is 6.31. The average molecular weight is 286 g/mol. The van der Waals surface area contributed by atoms with E-state index < -0.39 is 11.7 Å². The molecule has 0 aliphatic carbocycles. The summed E-state index contributed by atoms with van der Waals surface area (Å²) >= 11 is 5.53. The van der Waals surface area contributed by atoms with Gasteiger partial charge >= 0.3 is 6.18 Å². The van der Waals surface area contributed by atoms with Crippen LogP contribution >= 0.6 is 11.6 Å². The minimum atomic E-state index is -4.52. The number of hydrogen-bond acceptors (Lipinski definition) is 2. The third kappa shape index (κ3) is 2.93. The van der Waals surface area contributed by atoms with E-state index in [1.807, 2.05) is 0 Å². The number of aldehydes is 1. The number of carbonyl (C=O) groups excluding carboxylic acids is 1. The Balaban J connectivity index is 2.48. The number of hydrogen-bond donors (Lipinski definition) is 0. The van der Waals surface area contributed by atoms with Crippen LogP contribution in [0.1, 0.15) is 15.9 Å². The van der Waals surface area contributed by atoms with Gasteiger partial charge in [-0.15, -0.1) is 0 Å². The van der Waals surface area contributed by atoms with Crippen LogP contribution in [-0.4, -0.2) is 11.3 Å². The zero-order chi connectivity index (χ0) is 14.0. The van der Waals surface area contributed by atoms with E-state index in [0.717, 1.165) is 6.07 Å². The molecule has 0 amide bonds. The number of nitrogens with zero attached hydrogens (tertiary/aromatic N) is 1. The Kier molecular flexibility index (Phi) is 3.57. The Bertz CT molecular complexity index is 608. The fourth-order valence-electron chi connectivity index (χ4n) is 1.55. The second kappa shape index (κ2) is 5.01. The summed E-state index contributed by atoms with van der Waals surface area (Å²) < 4.78 is 38.1. The molecule has 0 radical (unpaired) electrons. The van der Waals surface area contributed by atoms with Gasteiger partial charge in [0.15, 0.2) is 6.29 Å². The first-order valence-electron chi connectivity index (χ1n) is 5.20. The molecule has 6 heteroatoms. The van der Waals surface area contributed by atoms with Crippen molar-refractivity contribution in [2.45, 2.75) is 6.18 Å². The summed E-state index contributed by atoms with van der Waals surface area (Å²) in [6, 6.07) is 6.52. The predicted molar refractivity (Wildman–Crippen MR) is 65.1 cm³/mol. The molecule has 0 aliphatic heterocycles. The molecular weight excluding hydrogens is 279 g/mol. The largest absolute Gasteiger partial charge is 0.417 e. The van der Waals surface area contributed by atoms with Gasteiger partial charge in [0.05, 0.1) is 16.3 Å². The number of alkyl halides is 3. The monoisotopic (exact) mass is 285 g/mol. The second-order valence-corrected chi connectivity index (χ2v) is 4.19. The summed E-state index contributed by atoms with van der Waals surface area (Å²) in [7, 11) is 0. The predicted octanol–water partition coefficient (Wildman–Crippen LogP) is 4.23. The number of carbonyl (C=O) groups is 1. The quantitative estimate of drug-likeness (QED) is 0.773. The molecule has 19 heavy (non-hydrogen) atoms. The van der Waals surface area contributed by atoms with Crippen LogP contribution in [0.3, 0.4) is 0 Å². The highest BCUT2D eigenvalue weighted by Gasteiger charge is 2.33. The van der Waals surface area contributed by atoms with Crippen molar-refractivity contribution >= 4 is 17.9 Å². The lowest BCUT2D eigenvalue weighted by molar-refractivity contribution is -0.137. The molecular formula is C13H7ClF3NO. The van der Waals surface area contributed by atoms with Gasteiger partial charge in [-0.1, -0.05) is 17.7 Å². The van der Waals surface area contributed by atoms with E-state index in [-0.39, 0.29) is 10.6 Å². The molecule has 1 aromatic carbocycles. The molecule has 2 nitrogen and oxygen atoms in total. The zero-order valence-corrected chi connectivity index (χ0v) is 10.2. The van der Waals surface area contributed by atoms with Crippen molar-refractivity contribution < 1.29 is 18.0 Å². The van der Waals surface area contributed by atoms with Crippen LogP contribution in [0.25, 0.3) is 11.3 Å². The lowest BCUT2D eigenvalue weighted by Crippen LogP contribution is -2.06. The Morgan fingerprint density at radius 1 is 1.16 bits per heavy atom. The lowest BCUT2D eigenvalue weighted by Gasteiger charge is -2.10. The second-order valence-electron chi connectivity index (χ2n) is 3.79. The third-order valence-corrected chi connectivity index (χ3v) is 2.82. The third-order valence-electron chi connectivity index (χ3n) is 2.49. The summed E-state index contributed by atoms with van der Waals surface area (Å²) in [5, 5.41) is -0.360. The van der Waals surface area contributed by atoms with Gasteiger partial charge < -0.3 is 0 Å². The molecule has 98 valence electrons. The smallest absolute Gasteiger partial charge is 0.298 e. The van der Waals surface area contributed by atoms with Crippen LogP contribution in [0.15, 0.2) is 36.5 Å². The number of halogens is 4. The van der Waals surface area contributed by atoms with Crippen LogP contribution in [0.5, 0.6) is 0 Å². The Morgan fingerprint density at radius 2 is 1.89 bits per heavy atom. The van der Waals surface area contributed by atoms with Gasteiger partial charge in [-0.2, -0.15) is 13.2 Å². The molecule has 1 aromatic heterocycles. The van der Waals surface area contributed by atoms with Crippen molar-refractivity contribution in [2.24, 2.45) is 0 Å². The minimum Gasteiger partial charge on any atom is -0.298 e. The number of pyridine rings is 1. The Labute approximate surface area is 111 Å². The first kappa shape index (κ1) is 13.5. The molecule has 0 spiro atoms. The van der Waals surface area contributed by atoms with Gasteiger partial charge in [-0.3, -0.25) is 9.78 Å². The minimum absolute atomic E-state index is 0.286. The molecule has 2 aromatic rings. The van der Waals surface area contributed by atoms with Crippen molar-refractivity contribution in [3.63, 3.8) is 0 Å². The van der Waals surface area contributed by atoms with Gasteiger partial charge in [0.25, 0.3) is 0 Å². The normalized spacial score (nSPS) is 11.4. The summed E-state index contributed by atoms with van der Waals surface area (Å²) in [6.07, 6.45) is -2.61. The van der Waals surface area contributed by atoms with Crippen LogP contribution in [0.4, 0.5) is 13.2 Å². The molecule has 0 atom stereocenters. The van der Waals surface area contributed by atoms with Gasteiger partial charge in [0.2, 0.25) is 0 Å². The fourth-order valence-corrected chi connectivity index (χ4v) is 1.77. The molecule has 0 bridgehead atoms. The van der Waals surface area contributed by atoms with Gasteiger partial charge in [0, 0.05) is 17.3 Å². The van der Waals surface area contributed by atoms with E-state index in [1.165, 1.54) is 30.5 Å². The van der Waals surface area contributed by atoms with E-state index in [2.05, 4.69) is 4.98 Å². The summed E-state index contributed by atoms with van der Waals surface area (Å²) in [5.74, 6) is 0. The van der Waals surface area contributed by atoms with Crippen LogP contribution < -0.4 is 0 Å². The molecule has 0 saturated heterocycles. The Morgan fingerprint density at radius 3 is 2.42 bits per heavy atom. The number of aromatic nitrogens is 1. The van der Waals surface area contributed by atoms with E-state index in [9.17, 15) is 18.0 Å². The van der Waals surface area contributed by atoms with Crippen molar-refractivity contribution in [2.75, 3.05) is 0 Å². The summed E-state index contributed by atoms with van der Waals surface area (Å²) in [5.41, 5.74) is 0.0728. The van der Waals surface area contributed by atoms with E-state index in [0.29, 0.717) is 17.5 Å². The Hall–Kier alpha value is -1.88. The maximum atomic E-state index is 12.7. The van der Waals surface area contributed by atoms with Crippen LogP contribution in [-0.2, 0) is 6.18 Å². The SMILES string of the molecule is O=Cc1ccc(-c2ccc(Cl)c(C(F)(F)F)c2)nc1. The zero-order valence-electron chi connectivity index (χ0n) is 9.41. The highest BCUT2D eigenvalue weighted by atomic mass is 35.5. The molecule has 0 N–H and O–H groups in total. The molecule has 0 saturated carbocycles. The highest BCUT2D eigenvalue weighted by Crippen LogP contribution is 2.36. The van der Waals surface area contributed by atoms with Gasteiger partial charge in [0.1, 0.15) is 0 Å². The molecule has 0 unspecified atom stereocenters.